The van der Waals surface area contributed by atoms with Crippen molar-refractivity contribution in [3.63, 3.8) is 0 Å². The van der Waals surface area contributed by atoms with E-state index in [1.807, 2.05) is 11.3 Å². The third-order valence-electron chi connectivity index (χ3n) is 11.0. The average Bonchev–Trinajstić information content (AvgIpc) is 3.80. The third-order valence-corrected chi connectivity index (χ3v) is 12.1. The van der Waals surface area contributed by atoms with Crippen molar-refractivity contribution < 1.29 is 0 Å². The number of para-hydroxylation sites is 3. The van der Waals surface area contributed by atoms with Crippen LogP contribution in [0.1, 0.15) is 0 Å². The molecule has 0 N–H and O–H groups in total. The van der Waals surface area contributed by atoms with E-state index in [-0.39, 0.29) is 0 Å². The van der Waals surface area contributed by atoms with Gasteiger partial charge in [0.15, 0.2) is 0 Å². The molecule has 55 heavy (non-hydrogen) atoms. The van der Waals surface area contributed by atoms with Crippen LogP contribution in [-0.2, 0) is 0 Å². The average molecular weight is 719 g/mol. The summed E-state index contributed by atoms with van der Waals surface area (Å²) >= 11 is 1.86. The molecule has 2 aromatic heterocycles. The lowest BCUT2D eigenvalue weighted by molar-refractivity contribution is 1.18. The van der Waals surface area contributed by atoms with Crippen molar-refractivity contribution in [2.75, 3.05) is 4.90 Å². The summed E-state index contributed by atoms with van der Waals surface area (Å²) in [6, 6.07) is 75.2. The van der Waals surface area contributed by atoms with E-state index in [9.17, 15) is 0 Å². The molecular formula is C52H34N2S. The molecule has 258 valence electrons. The molecule has 0 radical (unpaired) electrons. The van der Waals surface area contributed by atoms with Gasteiger partial charge in [-0.15, -0.1) is 11.3 Å². The van der Waals surface area contributed by atoms with Gasteiger partial charge in [0.25, 0.3) is 0 Å². The van der Waals surface area contributed by atoms with Crippen molar-refractivity contribution in [1.29, 1.82) is 0 Å². The highest BCUT2D eigenvalue weighted by atomic mass is 32.1. The number of rotatable bonds is 6. The Labute approximate surface area is 323 Å². The summed E-state index contributed by atoms with van der Waals surface area (Å²) in [4.78, 5) is 2.43. The van der Waals surface area contributed by atoms with E-state index in [4.69, 9.17) is 0 Å². The molecular weight excluding hydrogens is 685 g/mol. The summed E-state index contributed by atoms with van der Waals surface area (Å²) in [7, 11) is 0. The number of fused-ring (bicyclic) bond motifs is 7. The van der Waals surface area contributed by atoms with Gasteiger partial charge in [0.2, 0.25) is 0 Å². The highest BCUT2D eigenvalue weighted by molar-refractivity contribution is 7.25. The molecule has 0 atom stereocenters. The van der Waals surface area contributed by atoms with E-state index in [1.54, 1.807) is 0 Å². The van der Waals surface area contributed by atoms with Crippen LogP contribution in [0.2, 0.25) is 0 Å². The highest BCUT2D eigenvalue weighted by Crippen LogP contribution is 2.46. The molecule has 0 aliphatic heterocycles. The largest absolute Gasteiger partial charge is 0.310 e. The van der Waals surface area contributed by atoms with E-state index in [1.165, 1.54) is 80.7 Å². The smallest absolute Gasteiger partial charge is 0.0541 e. The zero-order valence-electron chi connectivity index (χ0n) is 29.9. The zero-order valence-corrected chi connectivity index (χ0v) is 30.7. The Hall–Kier alpha value is -6.94. The molecule has 0 unspecified atom stereocenters. The van der Waals surface area contributed by atoms with Crippen LogP contribution < -0.4 is 4.90 Å². The van der Waals surface area contributed by atoms with Crippen LogP contribution in [0.15, 0.2) is 206 Å². The fourth-order valence-corrected chi connectivity index (χ4v) is 9.65. The first-order valence-corrected chi connectivity index (χ1v) is 19.6. The molecule has 3 heteroatoms. The van der Waals surface area contributed by atoms with Crippen LogP contribution in [0.4, 0.5) is 17.1 Å². The molecule has 9 aromatic carbocycles. The third kappa shape index (κ3) is 5.16. The van der Waals surface area contributed by atoms with Crippen molar-refractivity contribution in [3.8, 4) is 27.9 Å². The van der Waals surface area contributed by atoms with Crippen LogP contribution in [0.25, 0.3) is 80.7 Å². The first-order valence-electron chi connectivity index (χ1n) is 18.8. The standard InChI is InChI=1S/C52H34N2S/c1-2-14-35(15-3-1)36-26-28-37(29-27-36)53(38-30-31-46-45-21-9-13-25-51(45)55-52(46)34-38)50-33-32-40(39-16-4-5-17-41(39)50)42-18-6-10-22-47(42)54-48-23-11-7-19-43(48)44-20-8-12-24-49(44)54/h1-34H. The van der Waals surface area contributed by atoms with E-state index >= 15 is 0 Å². The van der Waals surface area contributed by atoms with Gasteiger partial charge in [-0.05, 0) is 76.7 Å². The number of hydrogen-bond donors (Lipinski definition) is 0. The number of benzene rings is 9. The Morgan fingerprint density at radius 3 is 1.67 bits per heavy atom. The van der Waals surface area contributed by atoms with E-state index in [0.29, 0.717) is 0 Å². The minimum atomic E-state index is 1.11. The van der Waals surface area contributed by atoms with Crippen molar-refractivity contribution in [2.24, 2.45) is 0 Å². The van der Waals surface area contributed by atoms with Gasteiger partial charge < -0.3 is 9.47 Å². The molecule has 0 spiro atoms. The second kappa shape index (κ2) is 12.9. The van der Waals surface area contributed by atoms with Crippen molar-refractivity contribution in [1.82, 2.24) is 4.57 Å². The van der Waals surface area contributed by atoms with Gasteiger partial charge in [-0.1, -0.05) is 152 Å². The van der Waals surface area contributed by atoms with Gasteiger partial charge >= 0.3 is 0 Å². The molecule has 0 saturated carbocycles. The lowest BCUT2D eigenvalue weighted by Gasteiger charge is -2.28. The van der Waals surface area contributed by atoms with Gasteiger partial charge in [-0.3, -0.25) is 0 Å². The van der Waals surface area contributed by atoms with Crippen LogP contribution >= 0.6 is 11.3 Å². The maximum atomic E-state index is 2.43. The summed E-state index contributed by atoms with van der Waals surface area (Å²) < 4.78 is 5.03. The van der Waals surface area contributed by atoms with E-state index in [2.05, 4.69) is 216 Å². The highest BCUT2D eigenvalue weighted by Gasteiger charge is 2.21. The number of hydrogen-bond acceptors (Lipinski definition) is 2. The predicted octanol–water partition coefficient (Wildman–Crippen LogP) is 15.1. The number of aromatic nitrogens is 1. The molecule has 0 fully saturated rings. The topological polar surface area (TPSA) is 8.17 Å². The molecule has 0 amide bonds. The monoisotopic (exact) mass is 718 g/mol. The second-order valence-electron chi connectivity index (χ2n) is 14.1. The Morgan fingerprint density at radius 2 is 0.909 bits per heavy atom. The Balaban J connectivity index is 1.12. The van der Waals surface area contributed by atoms with Crippen LogP contribution in [0.5, 0.6) is 0 Å². The minimum absolute atomic E-state index is 1.11. The van der Waals surface area contributed by atoms with Gasteiger partial charge in [0.1, 0.15) is 0 Å². The van der Waals surface area contributed by atoms with E-state index < -0.39 is 0 Å². The predicted molar refractivity (Wildman–Crippen MR) is 237 cm³/mol. The molecule has 2 heterocycles. The maximum absolute atomic E-state index is 2.43. The fraction of sp³-hybridized carbons (Fsp3) is 0. The van der Waals surface area contributed by atoms with Crippen LogP contribution in [0.3, 0.4) is 0 Å². The van der Waals surface area contributed by atoms with Crippen molar-refractivity contribution >= 4 is 81.1 Å². The second-order valence-corrected chi connectivity index (χ2v) is 15.2. The van der Waals surface area contributed by atoms with Gasteiger partial charge in [-0.25, -0.2) is 0 Å². The fourth-order valence-electron chi connectivity index (χ4n) is 8.51. The van der Waals surface area contributed by atoms with E-state index in [0.717, 1.165) is 17.1 Å². The quantitative estimate of drug-likeness (QED) is 0.166. The van der Waals surface area contributed by atoms with Gasteiger partial charge in [0.05, 0.1) is 22.4 Å². The lowest BCUT2D eigenvalue weighted by atomic mass is 9.95. The molecule has 11 rings (SSSR count). The summed E-state index contributed by atoms with van der Waals surface area (Å²) in [6.07, 6.45) is 0. The normalized spacial score (nSPS) is 11.6. The summed E-state index contributed by atoms with van der Waals surface area (Å²) in [6.45, 7) is 0. The van der Waals surface area contributed by atoms with Crippen LogP contribution in [-0.4, -0.2) is 4.57 Å². The number of nitrogens with zero attached hydrogens (tertiary/aromatic N) is 2. The van der Waals surface area contributed by atoms with Crippen LogP contribution in [0, 0.1) is 0 Å². The summed E-state index contributed by atoms with van der Waals surface area (Å²) in [5.41, 5.74) is 11.8. The first kappa shape index (κ1) is 31.6. The number of anilines is 3. The molecule has 11 aromatic rings. The van der Waals surface area contributed by atoms with Crippen molar-refractivity contribution in [3.05, 3.63) is 206 Å². The SMILES string of the molecule is c1ccc(-c2ccc(N(c3ccc4c(c3)sc3ccccc34)c3ccc(-c4ccccc4-n4c5ccccc5c5ccccc54)c4ccccc34)cc2)cc1. The molecule has 0 aliphatic carbocycles. The lowest BCUT2D eigenvalue weighted by Crippen LogP contribution is -2.10. The maximum Gasteiger partial charge on any atom is 0.0541 e. The summed E-state index contributed by atoms with van der Waals surface area (Å²) in [5.74, 6) is 0. The molecule has 0 bridgehead atoms. The summed E-state index contributed by atoms with van der Waals surface area (Å²) in [5, 5.41) is 7.54. The molecule has 0 saturated heterocycles. The Kier molecular flexibility index (Phi) is 7.39. The molecule has 0 aliphatic rings. The van der Waals surface area contributed by atoms with Gasteiger partial charge in [-0.2, -0.15) is 0 Å². The Morgan fingerprint density at radius 1 is 0.345 bits per heavy atom. The number of thiophene rings is 1. The Bertz CT molecular complexity index is 3150. The van der Waals surface area contributed by atoms with Gasteiger partial charge in [0, 0.05) is 53.3 Å². The minimum Gasteiger partial charge on any atom is -0.310 e. The first-order chi connectivity index (χ1) is 27.3. The zero-order chi connectivity index (χ0) is 36.3. The van der Waals surface area contributed by atoms with Crippen molar-refractivity contribution in [2.45, 2.75) is 0 Å². The molecule has 2 nitrogen and oxygen atoms in total.